The Morgan fingerprint density at radius 2 is 1.71 bits per heavy atom. The van der Waals surface area contributed by atoms with Crippen molar-refractivity contribution in [1.29, 1.82) is 0 Å². The normalized spacial score (nSPS) is 11.6. The van der Waals surface area contributed by atoms with Crippen LogP contribution in [-0.4, -0.2) is 17.2 Å². The fourth-order valence-electron chi connectivity index (χ4n) is 1.43. The Bertz CT molecular complexity index is 327. The van der Waals surface area contributed by atoms with Crippen molar-refractivity contribution in [3.8, 4) is 0 Å². The summed E-state index contributed by atoms with van der Waals surface area (Å²) in [5.41, 5.74) is 2.81. The number of rotatable bonds is 1. The molecule has 76 valence electrons. The average molecular weight is 192 g/mol. The minimum absolute atomic E-state index is 0.101. The van der Waals surface area contributed by atoms with Crippen LogP contribution < -0.4 is 5.46 Å². The number of benzene rings is 1. The maximum Gasteiger partial charge on any atom is 0.488 e. The maximum absolute atomic E-state index is 9.05. The van der Waals surface area contributed by atoms with Gasteiger partial charge in [-0.2, -0.15) is 0 Å². The molecule has 0 aliphatic heterocycles. The molecule has 0 spiro atoms. The summed E-state index contributed by atoms with van der Waals surface area (Å²) in [6.07, 6.45) is 0. The first-order valence-corrected chi connectivity index (χ1v) is 4.79. The predicted molar refractivity (Wildman–Crippen MR) is 59.7 cm³/mol. The van der Waals surface area contributed by atoms with E-state index < -0.39 is 7.12 Å². The van der Waals surface area contributed by atoms with E-state index in [0.29, 0.717) is 5.46 Å². The Morgan fingerprint density at radius 1 is 1.14 bits per heavy atom. The van der Waals surface area contributed by atoms with Gasteiger partial charge in [0.1, 0.15) is 0 Å². The average Bonchev–Trinajstić information content (AvgIpc) is 2.01. The van der Waals surface area contributed by atoms with Crippen molar-refractivity contribution in [2.75, 3.05) is 0 Å². The molecule has 0 fully saturated rings. The summed E-state index contributed by atoms with van der Waals surface area (Å²) in [4.78, 5) is 0. The van der Waals surface area contributed by atoms with Gasteiger partial charge in [0.2, 0.25) is 0 Å². The fourth-order valence-corrected chi connectivity index (χ4v) is 1.43. The van der Waals surface area contributed by atoms with Crippen molar-refractivity contribution >= 4 is 12.6 Å². The summed E-state index contributed by atoms with van der Waals surface area (Å²) in [6, 6.07) is 5.73. The Balaban J connectivity index is 3.13. The highest BCUT2D eigenvalue weighted by Crippen LogP contribution is 2.21. The van der Waals surface area contributed by atoms with Crippen molar-refractivity contribution in [1.82, 2.24) is 0 Å². The summed E-state index contributed by atoms with van der Waals surface area (Å²) < 4.78 is 0. The zero-order valence-electron chi connectivity index (χ0n) is 9.20. The lowest BCUT2D eigenvalue weighted by atomic mass is 9.75. The van der Waals surface area contributed by atoms with E-state index in [1.54, 1.807) is 6.07 Å². The second kappa shape index (κ2) is 3.75. The molecular weight excluding hydrogens is 175 g/mol. The van der Waals surface area contributed by atoms with E-state index >= 15 is 0 Å². The van der Waals surface area contributed by atoms with E-state index in [9.17, 15) is 0 Å². The fraction of sp³-hybridized carbons (Fsp3) is 0.455. The highest BCUT2D eigenvalue weighted by molar-refractivity contribution is 6.59. The summed E-state index contributed by atoms with van der Waals surface area (Å²) in [7, 11) is -1.37. The van der Waals surface area contributed by atoms with E-state index in [4.69, 9.17) is 10.0 Å². The molecular formula is C11H17BO2. The molecule has 1 aromatic carbocycles. The van der Waals surface area contributed by atoms with Crippen LogP contribution in [0.1, 0.15) is 31.9 Å². The molecule has 1 rings (SSSR count). The zero-order valence-corrected chi connectivity index (χ0v) is 9.20. The zero-order chi connectivity index (χ0) is 10.9. The van der Waals surface area contributed by atoms with Gasteiger partial charge in [-0.3, -0.25) is 0 Å². The Hall–Kier alpha value is -0.795. The first-order valence-electron chi connectivity index (χ1n) is 4.79. The molecule has 0 atom stereocenters. The number of aryl methyl sites for hydroxylation is 1. The van der Waals surface area contributed by atoms with Crippen LogP contribution in [0.4, 0.5) is 0 Å². The van der Waals surface area contributed by atoms with Gasteiger partial charge >= 0.3 is 7.12 Å². The molecule has 0 saturated carbocycles. The van der Waals surface area contributed by atoms with Crippen LogP contribution in [-0.2, 0) is 5.41 Å². The van der Waals surface area contributed by atoms with Gasteiger partial charge in [0.25, 0.3) is 0 Å². The Labute approximate surface area is 85.7 Å². The summed E-state index contributed by atoms with van der Waals surface area (Å²) in [5.74, 6) is 0. The second-order valence-corrected chi connectivity index (χ2v) is 4.70. The van der Waals surface area contributed by atoms with Crippen LogP contribution in [0.5, 0.6) is 0 Å². The van der Waals surface area contributed by atoms with Crippen LogP contribution in [0.15, 0.2) is 18.2 Å². The van der Waals surface area contributed by atoms with E-state index in [1.807, 2.05) is 19.1 Å². The van der Waals surface area contributed by atoms with Gasteiger partial charge in [0.15, 0.2) is 0 Å². The molecule has 1 aromatic rings. The van der Waals surface area contributed by atoms with Crippen LogP contribution in [0, 0.1) is 6.92 Å². The predicted octanol–water partition coefficient (Wildman–Crippen LogP) is 0.972. The standard InChI is InChI=1S/C11H17BO2/c1-8-7-9(11(2,3)4)5-6-10(8)12(13)14/h5-7,13-14H,1-4H3. The van der Waals surface area contributed by atoms with E-state index in [0.717, 1.165) is 5.56 Å². The lowest BCUT2D eigenvalue weighted by molar-refractivity contribution is 0.425. The third kappa shape index (κ3) is 2.37. The Kier molecular flexibility index (Phi) is 3.02. The molecule has 0 aliphatic carbocycles. The molecule has 0 heterocycles. The van der Waals surface area contributed by atoms with Gasteiger partial charge in [-0.05, 0) is 23.4 Å². The van der Waals surface area contributed by atoms with Crippen molar-refractivity contribution in [3.05, 3.63) is 29.3 Å². The van der Waals surface area contributed by atoms with E-state index in [-0.39, 0.29) is 5.41 Å². The molecule has 14 heavy (non-hydrogen) atoms. The summed E-state index contributed by atoms with van der Waals surface area (Å²) in [6.45, 7) is 8.30. The van der Waals surface area contributed by atoms with Crippen molar-refractivity contribution in [2.24, 2.45) is 0 Å². The van der Waals surface area contributed by atoms with Gasteiger partial charge in [-0.15, -0.1) is 0 Å². The van der Waals surface area contributed by atoms with Gasteiger partial charge in [-0.25, -0.2) is 0 Å². The Morgan fingerprint density at radius 3 is 2.07 bits per heavy atom. The van der Waals surface area contributed by atoms with Crippen LogP contribution in [0.25, 0.3) is 0 Å². The quantitative estimate of drug-likeness (QED) is 0.651. The molecule has 0 radical (unpaired) electrons. The van der Waals surface area contributed by atoms with Crippen molar-refractivity contribution < 1.29 is 10.0 Å². The molecule has 0 aliphatic rings. The molecule has 3 heteroatoms. The van der Waals surface area contributed by atoms with Gasteiger partial charge < -0.3 is 10.0 Å². The first-order chi connectivity index (χ1) is 6.32. The van der Waals surface area contributed by atoms with Crippen LogP contribution in [0.2, 0.25) is 0 Å². The third-order valence-corrected chi connectivity index (χ3v) is 2.41. The lowest BCUT2D eigenvalue weighted by Gasteiger charge is -2.20. The maximum atomic E-state index is 9.05. The topological polar surface area (TPSA) is 40.5 Å². The smallest absolute Gasteiger partial charge is 0.423 e. The van der Waals surface area contributed by atoms with Crippen molar-refractivity contribution in [3.63, 3.8) is 0 Å². The SMILES string of the molecule is Cc1cc(C(C)(C)C)ccc1B(O)O. The molecule has 0 bridgehead atoms. The summed E-state index contributed by atoms with van der Waals surface area (Å²) >= 11 is 0. The van der Waals surface area contributed by atoms with Crippen LogP contribution >= 0.6 is 0 Å². The monoisotopic (exact) mass is 192 g/mol. The first kappa shape index (κ1) is 11.3. The van der Waals surface area contributed by atoms with Gasteiger partial charge in [-0.1, -0.05) is 44.5 Å². The van der Waals surface area contributed by atoms with Gasteiger partial charge in [0, 0.05) is 0 Å². The van der Waals surface area contributed by atoms with E-state index in [1.165, 1.54) is 5.56 Å². The number of hydrogen-bond donors (Lipinski definition) is 2. The lowest BCUT2D eigenvalue weighted by Crippen LogP contribution is -2.32. The third-order valence-electron chi connectivity index (χ3n) is 2.41. The summed E-state index contributed by atoms with van der Waals surface area (Å²) in [5, 5.41) is 18.1. The highest BCUT2D eigenvalue weighted by Gasteiger charge is 2.18. The molecule has 2 nitrogen and oxygen atoms in total. The van der Waals surface area contributed by atoms with Gasteiger partial charge in [0.05, 0.1) is 0 Å². The minimum Gasteiger partial charge on any atom is -0.423 e. The molecule has 0 amide bonds. The van der Waals surface area contributed by atoms with E-state index in [2.05, 4.69) is 20.8 Å². The highest BCUT2D eigenvalue weighted by atomic mass is 16.4. The molecule has 2 N–H and O–H groups in total. The number of hydrogen-bond acceptors (Lipinski definition) is 2. The second-order valence-electron chi connectivity index (χ2n) is 4.70. The van der Waals surface area contributed by atoms with Crippen LogP contribution in [0.3, 0.4) is 0 Å². The largest absolute Gasteiger partial charge is 0.488 e. The minimum atomic E-state index is -1.37. The molecule has 0 unspecified atom stereocenters. The van der Waals surface area contributed by atoms with Crippen molar-refractivity contribution in [2.45, 2.75) is 33.1 Å². The molecule has 0 aromatic heterocycles. The molecule has 0 saturated heterocycles.